The van der Waals surface area contributed by atoms with E-state index in [0.717, 1.165) is 24.4 Å². The smallest absolute Gasteiger partial charge is 0.417 e. The highest BCUT2D eigenvalue weighted by Gasteiger charge is 2.33. The minimum atomic E-state index is -0.831. The van der Waals surface area contributed by atoms with Gasteiger partial charge in [-0.25, -0.2) is 4.79 Å². The van der Waals surface area contributed by atoms with E-state index in [1.807, 2.05) is 24.3 Å². The summed E-state index contributed by atoms with van der Waals surface area (Å²) in [6.07, 6.45) is 1.27. The molecule has 3 aromatic rings. The van der Waals surface area contributed by atoms with Crippen LogP contribution in [0.3, 0.4) is 0 Å². The number of methoxy groups -OCH3 is 1. The number of rotatable bonds is 6. The molecular weight excluding hydrogens is 386 g/mol. The van der Waals surface area contributed by atoms with E-state index in [2.05, 4.69) is 15.2 Å². The van der Waals surface area contributed by atoms with Gasteiger partial charge in [0, 0.05) is 31.7 Å². The standard InChI is InChI=1S/C22H25N3O5/c1-29-17-5-3-16(4-6-17)22(28)8-11-25(12-9-22)13-10-23-20(26)15-2-7-18-19(14-15)30-21(27)24-18/h2-7,14,28H,8-13H2,1H3,(H,23,26)(H,24,27). The van der Waals surface area contributed by atoms with Crippen LogP contribution in [0, 0.1) is 0 Å². The molecule has 0 spiro atoms. The zero-order valence-corrected chi connectivity index (χ0v) is 16.8. The molecule has 1 fully saturated rings. The lowest BCUT2D eigenvalue weighted by Gasteiger charge is -2.38. The molecule has 2 aromatic carbocycles. The number of aromatic nitrogens is 1. The lowest BCUT2D eigenvalue weighted by Crippen LogP contribution is -2.45. The quantitative estimate of drug-likeness (QED) is 0.571. The van der Waals surface area contributed by atoms with Crippen molar-refractivity contribution >= 4 is 17.0 Å². The number of piperidine rings is 1. The lowest BCUT2D eigenvalue weighted by atomic mass is 9.84. The molecule has 0 radical (unpaired) electrons. The number of H-pyrrole nitrogens is 1. The Hall–Kier alpha value is -3.10. The molecule has 8 heteroatoms. The SMILES string of the molecule is COc1ccc(C2(O)CCN(CCNC(=O)c3ccc4[nH]c(=O)oc4c3)CC2)cc1. The first-order valence-corrected chi connectivity index (χ1v) is 9.97. The summed E-state index contributed by atoms with van der Waals surface area (Å²) in [6.45, 7) is 2.69. The zero-order chi connectivity index (χ0) is 21.1. The van der Waals surface area contributed by atoms with Crippen LogP contribution in [0.5, 0.6) is 5.75 Å². The van der Waals surface area contributed by atoms with Crippen LogP contribution in [0.4, 0.5) is 0 Å². The Kier molecular flexibility index (Phi) is 5.61. The Morgan fingerprint density at radius 2 is 1.97 bits per heavy atom. The van der Waals surface area contributed by atoms with Crippen molar-refractivity contribution in [2.75, 3.05) is 33.3 Å². The zero-order valence-electron chi connectivity index (χ0n) is 16.8. The third-order valence-corrected chi connectivity index (χ3v) is 5.71. The Morgan fingerprint density at radius 1 is 1.23 bits per heavy atom. The van der Waals surface area contributed by atoms with Crippen molar-refractivity contribution in [3.05, 3.63) is 64.1 Å². The van der Waals surface area contributed by atoms with Gasteiger partial charge >= 0.3 is 5.76 Å². The van der Waals surface area contributed by atoms with Crippen molar-refractivity contribution in [2.45, 2.75) is 18.4 Å². The van der Waals surface area contributed by atoms with E-state index < -0.39 is 11.4 Å². The van der Waals surface area contributed by atoms with Crippen molar-refractivity contribution in [3.63, 3.8) is 0 Å². The highest BCUT2D eigenvalue weighted by atomic mass is 16.5. The molecule has 0 bridgehead atoms. The summed E-state index contributed by atoms with van der Waals surface area (Å²) in [5, 5.41) is 13.9. The number of nitrogens with zero attached hydrogens (tertiary/aromatic N) is 1. The van der Waals surface area contributed by atoms with Crippen molar-refractivity contribution < 1.29 is 19.1 Å². The van der Waals surface area contributed by atoms with Crippen LogP contribution in [-0.4, -0.2) is 54.2 Å². The molecule has 1 aromatic heterocycles. The van der Waals surface area contributed by atoms with E-state index in [1.165, 1.54) is 0 Å². The predicted molar refractivity (Wildman–Crippen MR) is 112 cm³/mol. The van der Waals surface area contributed by atoms with Crippen molar-refractivity contribution in [2.24, 2.45) is 0 Å². The van der Waals surface area contributed by atoms with Gasteiger partial charge in [0.1, 0.15) is 5.75 Å². The number of aliphatic hydroxyl groups is 1. The molecule has 30 heavy (non-hydrogen) atoms. The molecule has 2 heterocycles. The first kappa shape index (κ1) is 20.2. The second-order valence-corrected chi connectivity index (χ2v) is 7.58. The van der Waals surface area contributed by atoms with Gasteiger partial charge in [-0.15, -0.1) is 0 Å². The largest absolute Gasteiger partial charge is 0.497 e. The highest BCUT2D eigenvalue weighted by Crippen LogP contribution is 2.33. The Balaban J connectivity index is 1.26. The van der Waals surface area contributed by atoms with Gasteiger partial charge in [-0.2, -0.15) is 0 Å². The Morgan fingerprint density at radius 3 is 2.67 bits per heavy atom. The predicted octanol–water partition coefficient (Wildman–Crippen LogP) is 1.84. The highest BCUT2D eigenvalue weighted by molar-refractivity contribution is 5.96. The third-order valence-electron chi connectivity index (χ3n) is 5.71. The van der Waals surface area contributed by atoms with Gasteiger partial charge in [-0.3, -0.25) is 9.78 Å². The summed E-state index contributed by atoms with van der Waals surface area (Å²) in [7, 11) is 1.62. The molecular formula is C22H25N3O5. The number of likely N-dealkylation sites (tertiary alicyclic amines) is 1. The molecule has 1 amide bonds. The van der Waals surface area contributed by atoms with Gasteiger partial charge < -0.3 is 24.5 Å². The number of hydrogen-bond donors (Lipinski definition) is 3. The third kappa shape index (κ3) is 4.24. The summed E-state index contributed by atoms with van der Waals surface area (Å²) in [4.78, 5) is 28.4. The van der Waals surface area contributed by atoms with E-state index >= 15 is 0 Å². The van der Waals surface area contributed by atoms with E-state index in [1.54, 1.807) is 25.3 Å². The maximum atomic E-state index is 12.4. The summed E-state index contributed by atoms with van der Waals surface area (Å²) in [5.41, 5.74) is 1.44. The van der Waals surface area contributed by atoms with E-state index in [4.69, 9.17) is 9.15 Å². The summed E-state index contributed by atoms with van der Waals surface area (Å²) in [6, 6.07) is 12.4. The van der Waals surface area contributed by atoms with Crippen molar-refractivity contribution in [1.29, 1.82) is 0 Å². The number of carbonyl (C=O) groups is 1. The first-order valence-electron chi connectivity index (χ1n) is 9.97. The minimum Gasteiger partial charge on any atom is -0.497 e. The first-order chi connectivity index (χ1) is 14.5. The number of ether oxygens (including phenoxy) is 1. The van der Waals surface area contributed by atoms with E-state index in [9.17, 15) is 14.7 Å². The molecule has 4 rings (SSSR count). The van der Waals surface area contributed by atoms with Crippen molar-refractivity contribution in [1.82, 2.24) is 15.2 Å². The molecule has 158 valence electrons. The van der Waals surface area contributed by atoms with Gasteiger partial charge in [0.05, 0.1) is 18.2 Å². The van der Waals surface area contributed by atoms with Gasteiger partial charge in [-0.1, -0.05) is 12.1 Å². The van der Waals surface area contributed by atoms with Crippen LogP contribution in [0.1, 0.15) is 28.8 Å². The average molecular weight is 411 g/mol. The van der Waals surface area contributed by atoms with Crippen LogP contribution in [0.15, 0.2) is 51.7 Å². The van der Waals surface area contributed by atoms with Gasteiger partial charge in [0.2, 0.25) is 0 Å². The topological polar surface area (TPSA) is 108 Å². The fraction of sp³-hybridized carbons (Fsp3) is 0.364. The molecule has 8 nitrogen and oxygen atoms in total. The number of carbonyl (C=O) groups excluding carboxylic acids is 1. The van der Waals surface area contributed by atoms with Gasteiger partial charge in [0.15, 0.2) is 5.58 Å². The molecule has 1 aliphatic heterocycles. The molecule has 0 aliphatic carbocycles. The van der Waals surface area contributed by atoms with Crippen LogP contribution in [0.2, 0.25) is 0 Å². The number of amides is 1. The molecule has 0 atom stereocenters. The van der Waals surface area contributed by atoms with Crippen molar-refractivity contribution in [3.8, 4) is 5.75 Å². The lowest BCUT2D eigenvalue weighted by molar-refractivity contribution is -0.0255. The van der Waals surface area contributed by atoms with Crippen LogP contribution in [-0.2, 0) is 5.60 Å². The van der Waals surface area contributed by atoms with Crippen LogP contribution < -0.4 is 15.8 Å². The normalized spacial score (nSPS) is 16.5. The van der Waals surface area contributed by atoms with Gasteiger partial charge in [-0.05, 0) is 48.7 Å². The minimum absolute atomic E-state index is 0.215. The number of nitrogens with one attached hydrogen (secondary N) is 2. The summed E-state index contributed by atoms with van der Waals surface area (Å²) < 4.78 is 10.2. The summed E-state index contributed by atoms with van der Waals surface area (Å²) in [5.74, 6) is 0.0167. The van der Waals surface area contributed by atoms with Crippen LogP contribution in [0.25, 0.3) is 11.1 Å². The fourth-order valence-corrected chi connectivity index (χ4v) is 3.85. The molecule has 0 unspecified atom stereocenters. The molecule has 1 saturated heterocycles. The van der Waals surface area contributed by atoms with E-state index in [0.29, 0.717) is 42.6 Å². The summed E-state index contributed by atoms with van der Waals surface area (Å²) >= 11 is 0. The number of hydrogen-bond acceptors (Lipinski definition) is 6. The number of benzene rings is 2. The Bertz CT molecular complexity index is 1080. The van der Waals surface area contributed by atoms with Gasteiger partial charge in [0.25, 0.3) is 5.91 Å². The molecule has 1 aliphatic rings. The second kappa shape index (κ2) is 8.33. The molecule has 0 saturated carbocycles. The average Bonchev–Trinajstić information content (AvgIpc) is 3.14. The second-order valence-electron chi connectivity index (χ2n) is 7.58. The molecule has 3 N–H and O–H groups in total. The number of aromatic amines is 1. The fourth-order valence-electron chi connectivity index (χ4n) is 3.85. The Labute approximate surface area is 173 Å². The maximum absolute atomic E-state index is 12.4. The van der Waals surface area contributed by atoms with Crippen LogP contribution >= 0.6 is 0 Å². The monoisotopic (exact) mass is 411 g/mol. The number of fused-ring (bicyclic) bond motifs is 1. The maximum Gasteiger partial charge on any atom is 0.417 e. The number of oxazole rings is 1. The van der Waals surface area contributed by atoms with E-state index in [-0.39, 0.29) is 5.91 Å².